The summed E-state index contributed by atoms with van der Waals surface area (Å²) in [6, 6.07) is 1.11. The second kappa shape index (κ2) is 7.37. The Morgan fingerprint density at radius 1 is 1.23 bits per heavy atom. The number of piperidine rings is 1. The fourth-order valence-electron chi connectivity index (χ4n) is 6.00. The van der Waals surface area contributed by atoms with Gasteiger partial charge in [-0.2, -0.15) is 0 Å². The molecule has 4 aliphatic rings. The molecule has 9 atom stereocenters. The number of nitrogens with zero attached hydrogens (tertiary/aromatic N) is 2. The number of hydrazine groups is 1. The van der Waals surface area contributed by atoms with Crippen molar-refractivity contribution >= 4 is 29.1 Å². The zero-order chi connectivity index (χ0) is 18.6. The molecule has 3 aliphatic heterocycles. The smallest absolute Gasteiger partial charge is 0.248 e. The summed E-state index contributed by atoms with van der Waals surface area (Å²) in [5.41, 5.74) is 3.60. The van der Waals surface area contributed by atoms with Gasteiger partial charge in [0.1, 0.15) is 6.61 Å². The van der Waals surface area contributed by atoms with Gasteiger partial charge in [-0.1, -0.05) is 0 Å². The average molecular weight is 405 g/mol. The molecule has 4 fully saturated rings. The van der Waals surface area contributed by atoms with Crippen LogP contribution in [-0.2, 0) is 4.79 Å². The van der Waals surface area contributed by atoms with Gasteiger partial charge in [0.15, 0.2) is 0 Å². The largest absolute Gasteiger partial charge is 0.387 e. The number of hydrogen-bond acceptors (Lipinski definition) is 5. The van der Waals surface area contributed by atoms with E-state index in [9.17, 15) is 9.90 Å². The van der Waals surface area contributed by atoms with Crippen LogP contribution in [0.3, 0.4) is 0 Å². The summed E-state index contributed by atoms with van der Waals surface area (Å²) < 4.78 is 0. The molecule has 3 saturated heterocycles. The number of amides is 1. The van der Waals surface area contributed by atoms with E-state index in [4.69, 9.17) is 23.2 Å². The molecule has 148 valence electrons. The van der Waals surface area contributed by atoms with Crippen molar-refractivity contribution in [1.82, 2.24) is 20.7 Å². The van der Waals surface area contributed by atoms with Crippen molar-refractivity contribution in [3.63, 3.8) is 0 Å². The maximum absolute atomic E-state index is 12.2. The van der Waals surface area contributed by atoms with Gasteiger partial charge in [0.05, 0.1) is 10.8 Å². The SMILES string of the molecule is C[C@@H]1CC2NC3C(Cl)C(Cl)CC(C4CCN(C)N4)C3C2CN1C(=O)CO. The topological polar surface area (TPSA) is 67.8 Å². The summed E-state index contributed by atoms with van der Waals surface area (Å²) in [7, 11) is 2.09. The Labute approximate surface area is 165 Å². The van der Waals surface area contributed by atoms with E-state index >= 15 is 0 Å². The highest BCUT2D eigenvalue weighted by molar-refractivity contribution is 6.30. The van der Waals surface area contributed by atoms with E-state index in [-0.39, 0.29) is 28.7 Å². The van der Waals surface area contributed by atoms with Crippen molar-refractivity contribution < 1.29 is 9.90 Å². The van der Waals surface area contributed by atoms with Gasteiger partial charge in [-0.25, -0.2) is 5.01 Å². The number of nitrogens with one attached hydrogen (secondary N) is 2. The van der Waals surface area contributed by atoms with Crippen LogP contribution >= 0.6 is 23.2 Å². The van der Waals surface area contributed by atoms with Gasteiger partial charge in [-0.05, 0) is 43.9 Å². The van der Waals surface area contributed by atoms with Crippen molar-refractivity contribution in [3.05, 3.63) is 0 Å². The molecule has 3 N–H and O–H groups in total. The molecule has 1 saturated carbocycles. The van der Waals surface area contributed by atoms with Crippen molar-refractivity contribution in [2.75, 3.05) is 26.7 Å². The lowest BCUT2D eigenvalue weighted by atomic mass is 9.66. The molecular weight excluding hydrogens is 375 g/mol. The molecule has 0 spiro atoms. The molecule has 4 rings (SSSR count). The first-order valence-electron chi connectivity index (χ1n) is 9.82. The van der Waals surface area contributed by atoms with Crippen LogP contribution in [0.25, 0.3) is 0 Å². The Bertz CT molecular complexity index is 553. The van der Waals surface area contributed by atoms with Gasteiger partial charge < -0.3 is 15.3 Å². The quantitative estimate of drug-likeness (QED) is 0.588. The number of rotatable bonds is 2. The fourth-order valence-corrected chi connectivity index (χ4v) is 6.70. The standard InChI is InChI=1S/C18H30Cl2N4O2/c1-9-5-14-11(7-24(9)15(26)8-25)16-10(13-3-4-23(2)22-13)6-12(19)17(20)18(16)21-14/h9-14,16-18,21-22,25H,3-8H2,1-2H3/t9-,10?,11?,12?,13?,14?,16?,17?,18?/m1/s1. The minimum absolute atomic E-state index is 0.0316. The number of hydrogen-bond donors (Lipinski definition) is 3. The van der Waals surface area contributed by atoms with Crippen LogP contribution in [-0.4, -0.2) is 82.6 Å². The first-order valence-corrected chi connectivity index (χ1v) is 10.7. The molecule has 6 nitrogen and oxygen atoms in total. The third kappa shape index (κ3) is 3.16. The lowest BCUT2D eigenvalue weighted by Gasteiger charge is -2.46. The lowest BCUT2D eigenvalue weighted by Crippen LogP contribution is -2.55. The Hall–Kier alpha value is -0.110. The molecule has 1 aliphatic carbocycles. The van der Waals surface area contributed by atoms with Gasteiger partial charge in [0.25, 0.3) is 0 Å². The first kappa shape index (κ1) is 19.2. The van der Waals surface area contributed by atoms with Gasteiger partial charge in [-0.3, -0.25) is 10.2 Å². The van der Waals surface area contributed by atoms with E-state index < -0.39 is 6.61 Å². The summed E-state index contributed by atoms with van der Waals surface area (Å²) >= 11 is 13.4. The molecular formula is C18H30Cl2N4O2. The van der Waals surface area contributed by atoms with E-state index in [0.717, 1.165) is 25.8 Å². The molecule has 0 aromatic heterocycles. The summed E-state index contributed by atoms with van der Waals surface area (Å²) in [6.07, 6.45) is 2.94. The Morgan fingerprint density at radius 3 is 2.65 bits per heavy atom. The first-order chi connectivity index (χ1) is 12.4. The van der Waals surface area contributed by atoms with Crippen molar-refractivity contribution in [2.45, 2.75) is 61.1 Å². The molecule has 3 heterocycles. The molecule has 26 heavy (non-hydrogen) atoms. The van der Waals surface area contributed by atoms with E-state index in [2.05, 4.69) is 29.7 Å². The molecule has 0 bridgehead atoms. The molecule has 0 aromatic carbocycles. The van der Waals surface area contributed by atoms with E-state index in [1.165, 1.54) is 0 Å². The normalized spacial score (nSPS) is 49.1. The second-order valence-corrected chi connectivity index (χ2v) is 9.70. The minimum atomic E-state index is -0.413. The highest BCUT2D eigenvalue weighted by Gasteiger charge is 2.57. The summed E-state index contributed by atoms with van der Waals surface area (Å²) in [4.78, 5) is 14.1. The number of fused-ring (bicyclic) bond motifs is 3. The zero-order valence-electron chi connectivity index (χ0n) is 15.4. The number of carbonyl (C=O) groups excluding carboxylic acids is 1. The van der Waals surface area contributed by atoms with Crippen LogP contribution in [0.15, 0.2) is 0 Å². The molecule has 1 amide bonds. The number of carbonyl (C=O) groups is 1. The highest BCUT2D eigenvalue weighted by atomic mass is 35.5. The van der Waals surface area contributed by atoms with Crippen molar-refractivity contribution in [3.8, 4) is 0 Å². The van der Waals surface area contributed by atoms with Crippen LogP contribution < -0.4 is 10.7 Å². The number of aliphatic hydroxyl groups is 1. The summed E-state index contributed by atoms with van der Waals surface area (Å²) in [5.74, 6) is 1.06. The van der Waals surface area contributed by atoms with E-state index in [1.54, 1.807) is 0 Å². The van der Waals surface area contributed by atoms with Gasteiger partial charge >= 0.3 is 0 Å². The summed E-state index contributed by atoms with van der Waals surface area (Å²) in [6.45, 7) is 3.41. The van der Waals surface area contributed by atoms with Gasteiger partial charge in [0, 0.05) is 44.3 Å². The average Bonchev–Trinajstić information content (AvgIpc) is 3.20. The predicted octanol–water partition coefficient (Wildman–Crippen LogP) is 0.616. The van der Waals surface area contributed by atoms with Crippen LogP contribution in [0.1, 0.15) is 26.2 Å². The number of halogens is 2. The number of alkyl halides is 2. The van der Waals surface area contributed by atoms with Gasteiger partial charge in [-0.15, -0.1) is 23.2 Å². The molecule has 8 heteroatoms. The van der Waals surface area contributed by atoms with Crippen LogP contribution in [0.5, 0.6) is 0 Å². The maximum atomic E-state index is 12.2. The number of likely N-dealkylation sites (tertiary alicyclic amines) is 1. The van der Waals surface area contributed by atoms with Crippen LogP contribution in [0, 0.1) is 17.8 Å². The van der Waals surface area contributed by atoms with Crippen molar-refractivity contribution in [1.29, 1.82) is 0 Å². The van der Waals surface area contributed by atoms with E-state index in [0.29, 0.717) is 36.4 Å². The van der Waals surface area contributed by atoms with E-state index in [1.807, 2.05) is 4.90 Å². The molecule has 0 radical (unpaired) electrons. The van der Waals surface area contributed by atoms with Crippen molar-refractivity contribution in [2.24, 2.45) is 17.8 Å². The number of aliphatic hydroxyl groups excluding tert-OH is 1. The Balaban J connectivity index is 1.60. The second-order valence-electron chi connectivity index (χ2n) is 8.63. The highest BCUT2D eigenvalue weighted by Crippen LogP contribution is 2.49. The Kier molecular flexibility index (Phi) is 5.45. The summed E-state index contributed by atoms with van der Waals surface area (Å²) in [5, 5.41) is 15.2. The maximum Gasteiger partial charge on any atom is 0.248 e. The monoisotopic (exact) mass is 404 g/mol. The third-order valence-electron chi connectivity index (χ3n) is 7.18. The zero-order valence-corrected chi connectivity index (χ0v) is 17.0. The van der Waals surface area contributed by atoms with Crippen LogP contribution in [0.2, 0.25) is 0 Å². The molecule has 8 unspecified atom stereocenters. The van der Waals surface area contributed by atoms with Gasteiger partial charge in [0.2, 0.25) is 5.91 Å². The fraction of sp³-hybridized carbons (Fsp3) is 0.944. The predicted molar refractivity (Wildman–Crippen MR) is 102 cm³/mol. The minimum Gasteiger partial charge on any atom is -0.387 e. The third-order valence-corrected chi connectivity index (χ3v) is 8.34. The Morgan fingerprint density at radius 2 is 2.00 bits per heavy atom. The molecule has 0 aromatic rings. The lowest BCUT2D eigenvalue weighted by molar-refractivity contribution is -0.139. The van der Waals surface area contributed by atoms with Crippen LogP contribution in [0.4, 0.5) is 0 Å².